The van der Waals surface area contributed by atoms with Gasteiger partial charge in [0, 0.05) is 6.04 Å². The van der Waals surface area contributed by atoms with Crippen molar-refractivity contribution in [1.82, 2.24) is 9.97 Å². The zero-order valence-corrected chi connectivity index (χ0v) is 9.26. The standard InChI is InChI=1S/C10H18N6/c11-8-9(12)14-6-15-10(8)16(13)7-4-2-1-3-5-7/h6-7H,1-5,11,13H2,(H2,12,14,15). The van der Waals surface area contributed by atoms with E-state index in [1.54, 1.807) is 5.01 Å². The van der Waals surface area contributed by atoms with Gasteiger partial charge in [0.2, 0.25) is 0 Å². The molecule has 2 rings (SSSR count). The van der Waals surface area contributed by atoms with Gasteiger partial charge in [-0.3, -0.25) is 5.01 Å². The van der Waals surface area contributed by atoms with E-state index in [-0.39, 0.29) is 5.82 Å². The second-order valence-electron chi connectivity index (χ2n) is 4.20. The van der Waals surface area contributed by atoms with E-state index in [9.17, 15) is 0 Å². The summed E-state index contributed by atoms with van der Waals surface area (Å²) in [6, 6.07) is 0.311. The SMILES string of the molecule is Nc1ncnc(N(N)C2CCCCC2)c1N. The van der Waals surface area contributed by atoms with Crippen LogP contribution in [-0.2, 0) is 0 Å². The molecule has 0 spiro atoms. The first-order chi connectivity index (χ1) is 7.70. The van der Waals surface area contributed by atoms with E-state index in [1.165, 1.54) is 25.6 Å². The fourth-order valence-electron chi connectivity index (χ4n) is 2.14. The highest BCUT2D eigenvalue weighted by atomic mass is 15.5. The molecule has 1 aromatic rings. The van der Waals surface area contributed by atoms with E-state index in [0.29, 0.717) is 17.5 Å². The maximum atomic E-state index is 6.05. The predicted molar refractivity (Wildman–Crippen MR) is 64.4 cm³/mol. The van der Waals surface area contributed by atoms with Crippen molar-refractivity contribution in [1.29, 1.82) is 0 Å². The second-order valence-corrected chi connectivity index (χ2v) is 4.20. The van der Waals surface area contributed by atoms with Crippen LogP contribution in [0.25, 0.3) is 0 Å². The fourth-order valence-corrected chi connectivity index (χ4v) is 2.14. The van der Waals surface area contributed by atoms with Crippen molar-refractivity contribution in [3.8, 4) is 0 Å². The summed E-state index contributed by atoms with van der Waals surface area (Å²) in [5, 5.41) is 1.65. The van der Waals surface area contributed by atoms with Crippen molar-refractivity contribution >= 4 is 17.3 Å². The topological polar surface area (TPSA) is 107 Å². The highest BCUT2D eigenvalue weighted by Gasteiger charge is 2.22. The van der Waals surface area contributed by atoms with Gasteiger partial charge in [0.1, 0.15) is 12.0 Å². The third-order valence-corrected chi connectivity index (χ3v) is 3.11. The number of nitrogens with two attached hydrogens (primary N) is 3. The van der Waals surface area contributed by atoms with Crippen LogP contribution in [0, 0.1) is 0 Å². The molecule has 1 aromatic heterocycles. The van der Waals surface area contributed by atoms with Crippen molar-refractivity contribution in [2.24, 2.45) is 5.84 Å². The van der Waals surface area contributed by atoms with Crippen LogP contribution in [0.1, 0.15) is 32.1 Å². The molecule has 0 unspecified atom stereocenters. The molecular weight excluding hydrogens is 204 g/mol. The molecule has 6 N–H and O–H groups in total. The number of nitrogen functional groups attached to an aromatic ring is 2. The molecule has 0 atom stereocenters. The molecule has 1 saturated carbocycles. The summed E-state index contributed by atoms with van der Waals surface area (Å²) in [6.07, 6.45) is 7.26. The van der Waals surface area contributed by atoms with Gasteiger partial charge in [0.25, 0.3) is 0 Å². The molecule has 88 valence electrons. The molecule has 16 heavy (non-hydrogen) atoms. The van der Waals surface area contributed by atoms with Crippen molar-refractivity contribution in [3.63, 3.8) is 0 Å². The normalized spacial score (nSPS) is 17.3. The summed E-state index contributed by atoms with van der Waals surface area (Å²) in [7, 11) is 0. The number of anilines is 3. The number of hydrogen-bond donors (Lipinski definition) is 3. The van der Waals surface area contributed by atoms with Gasteiger partial charge in [-0.15, -0.1) is 0 Å². The largest absolute Gasteiger partial charge is 0.393 e. The minimum Gasteiger partial charge on any atom is -0.393 e. The number of aromatic nitrogens is 2. The summed E-state index contributed by atoms with van der Waals surface area (Å²) >= 11 is 0. The Kier molecular flexibility index (Phi) is 3.09. The third kappa shape index (κ3) is 2.01. The Balaban J connectivity index is 2.19. The van der Waals surface area contributed by atoms with E-state index < -0.39 is 0 Å². The number of nitrogens with zero attached hydrogens (tertiary/aromatic N) is 3. The highest BCUT2D eigenvalue weighted by Crippen LogP contribution is 2.28. The van der Waals surface area contributed by atoms with Gasteiger partial charge in [-0.25, -0.2) is 15.8 Å². The highest BCUT2D eigenvalue weighted by molar-refractivity contribution is 5.72. The zero-order valence-electron chi connectivity index (χ0n) is 9.26. The second kappa shape index (κ2) is 4.52. The summed E-state index contributed by atoms with van der Waals surface area (Å²) in [5.74, 6) is 6.88. The summed E-state index contributed by atoms with van der Waals surface area (Å²) in [4.78, 5) is 7.93. The maximum absolute atomic E-state index is 6.05. The molecule has 1 aliphatic rings. The molecular formula is C10H18N6. The first-order valence-corrected chi connectivity index (χ1v) is 5.60. The van der Waals surface area contributed by atoms with Crippen LogP contribution in [0.4, 0.5) is 17.3 Å². The molecule has 1 aliphatic carbocycles. The number of hydrazine groups is 1. The van der Waals surface area contributed by atoms with Gasteiger partial charge in [-0.05, 0) is 12.8 Å². The Morgan fingerprint density at radius 2 is 1.81 bits per heavy atom. The van der Waals surface area contributed by atoms with Gasteiger partial charge >= 0.3 is 0 Å². The van der Waals surface area contributed by atoms with Gasteiger partial charge in [0.15, 0.2) is 11.6 Å². The van der Waals surface area contributed by atoms with Crippen LogP contribution in [0.15, 0.2) is 6.33 Å². The molecule has 0 saturated heterocycles. The molecule has 0 amide bonds. The van der Waals surface area contributed by atoms with Gasteiger partial charge < -0.3 is 11.5 Å². The molecule has 0 bridgehead atoms. The average molecular weight is 222 g/mol. The summed E-state index contributed by atoms with van der Waals surface area (Å²) in [6.45, 7) is 0. The van der Waals surface area contributed by atoms with Crippen molar-refractivity contribution in [2.75, 3.05) is 16.5 Å². The Hall–Kier alpha value is -1.56. The van der Waals surface area contributed by atoms with E-state index in [2.05, 4.69) is 9.97 Å². The molecule has 6 nitrogen and oxygen atoms in total. The van der Waals surface area contributed by atoms with Crippen molar-refractivity contribution < 1.29 is 0 Å². The Morgan fingerprint density at radius 1 is 1.12 bits per heavy atom. The molecule has 0 radical (unpaired) electrons. The quantitative estimate of drug-likeness (QED) is 0.501. The molecule has 1 fully saturated rings. The van der Waals surface area contributed by atoms with Gasteiger partial charge in [-0.1, -0.05) is 19.3 Å². The first-order valence-electron chi connectivity index (χ1n) is 5.60. The van der Waals surface area contributed by atoms with Gasteiger partial charge in [0.05, 0.1) is 0 Å². The maximum Gasteiger partial charge on any atom is 0.171 e. The molecule has 1 heterocycles. The van der Waals surface area contributed by atoms with E-state index in [4.69, 9.17) is 17.3 Å². The lowest BCUT2D eigenvalue weighted by molar-refractivity contribution is 0.416. The fraction of sp³-hybridized carbons (Fsp3) is 0.600. The van der Waals surface area contributed by atoms with Crippen LogP contribution in [0.5, 0.6) is 0 Å². The lowest BCUT2D eigenvalue weighted by Crippen LogP contribution is -2.43. The minimum absolute atomic E-state index is 0.288. The Labute approximate surface area is 94.8 Å². The molecule has 0 aliphatic heterocycles. The van der Waals surface area contributed by atoms with Crippen molar-refractivity contribution in [3.05, 3.63) is 6.33 Å². The Bertz CT molecular complexity index is 360. The monoisotopic (exact) mass is 222 g/mol. The first kappa shape index (κ1) is 10.9. The number of rotatable bonds is 2. The van der Waals surface area contributed by atoms with E-state index in [1.807, 2.05) is 0 Å². The Morgan fingerprint density at radius 3 is 2.50 bits per heavy atom. The van der Waals surface area contributed by atoms with E-state index >= 15 is 0 Å². The summed E-state index contributed by atoms with van der Waals surface area (Å²) in [5.41, 5.74) is 11.8. The summed E-state index contributed by atoms with van der Waals surface area (Å²) < 4.78 is 0. The number of hydrogen-bond acceptors (Lipinski definition) is 6. The predicted octanol–water partition coefficient (Wildman–Crippen LogP) is 0.654. The third-order valence-electron chi connectivity index (χ3n) is 3.11. The van der Waals surface area contributed by atoms with Gasteiger partial charge in [-0.2, -0.15) is 0 Å². The lowest BCUT2D eigenvalue weighted by Gasteiger charge is -2.31. The van der Waals surface area contributed by atoms with Crippen LogP contribution in [0.3, 0.4) is 0 Å². The molecule has 0 aromatic carbocycles. The smallest absolute Gasteiger partial charge is 0.171 e. The lowest BCUT2D eigenvalue weighted by atomic mass is 9.95. The van der Waals surface area contributed by atoms with Crippen LogP contribution >= 0.6 is 0 Å². The average Bonchev–Trinajstić information content (AvgIpc) is 2.33. The van der Waals surface area contributed by atoms with Crippen molar-refractivity contribution in [2.45, 2.75) is 38.1 Å². The molecule has 6 heteroatoms. The van der Waals surface area contributed by atoms with Crippen LogP contribution < -0.4 is 22.3 Å². The minimum atomic E-state index is 0.288. The van der Waals surface area contributed by atoms with Crippen LogP contribution in [0.2, 0.25) is 0 Å². The van der Waals surface area contributed by atoms with E-state index in [0.717, 1.165) is 12.8 Å². The van der Waals surface area contributed by atoms with Crippen LogP contribution in [-0.4, -0.2) is 16.0 Å². The zero-order chi connectivity index (χ0) is 11.5.